The number of likely N-dealkylation sites (tertiary alicyclic amines) is 5. The number of carboxylic acids is 2. The molecule has 6 aromatic carbocycles. The van der Waals surface area contributed by atoms with Crippen molar-refractivity contribution >= 4 is 63.6 Å². The smallest absolute Gasteiger partial charge is 0.321 e. The number of nitrogens with one attached hydrogen (secondary N) is 2. The van der Waals surface area contributed by atoms with Gasteiger partial charge in [0.15, 0.2) is 0 Å². The van der Waals surface area contributed by atoms with E-state index in [2.05, 4.69) is 34.8 Å². The lowest BCUT2D eigenvalue weighted by atomic mass is 9.93. The number of benzene rings is 6. The minimum Gasteiger partial charge on any atom is -0.490 e. The molecule has 5 saturated heterocycles. The maximum atomic E-state index is 13.3. The van der Waals surface area contributed by atoms with Crippen molar-refractivity contribution in [3.05, 3.63) is 194 Å². The average molecular weight is 1420 g/mol. The number of aromatic amines is 1. The molecule has 5 fully saturated rings. The first-order valence-electron chi connectivity index (χ1n) is 34.4. The molecule has 1 aromatic heterocycles. The van der Waals surface area contributed by atoms with Crippen molar-refractivity contribution in [3.8, 4) is 17.2 Å². The van der Waals surface area contributed by atoms with Crippen molar-refractivity contribution in [1.29, 1.82) is 0 Å². The highest BCUT2D eigenvalue weighted by atomic mass is 35.5. The Morgan fingerprint density at radius 1 is 0.551 bits per heavy atom. The lowest BCUT2D eigenvalue weighted by Crippen LogP contribution is -2.48. The number of β-amino-alcohol motifs (C(OH)–C–C–N with tert-alkyl or cyclic N) is 1. The van der Waals surface area contributed by atoms with Crippen LogP contribution in [0.15, 0.2) is 140 Å². The number of piperidine rings is 5. The fourth-order valence-corrected chi connectivity index (χ4v) is 14.4. The van der Waals surface area contributed by atoms with Crippen molar-refractivity contribution in [3.63, 3.8) is 0 Å². The molecule has 0 spiro atoms. The largest absolute Gasteiger partial charge is 0.490 e. The summed E-state index contributed by atoms with van der Waals surface area (Å²) in [4.78, 5) is 50.7. The van der Waals surface area contributed by atoms with E-state index in [1.54, 1.807) is 48.7 Å². The number of hydrogen-bond acceptors (Lipinski definition) is 12. The molecular weight excluding hydrogens is 1320 g/mol. The monoisotopic (exact) mass is 1420 g/mol. The molecule has 98 heavy (non-hydrogen) atoms. The quantitative estimate of drug-likeness (QED) is 0.0408. The molecule has 22 heteroatoms. The van der Waals surface area contributed by atoms with Gasteiger partial charge in [0.25, 0.3) is 5.91 Å². The zero-order chi connectivity index (χ0) is 69.1. The first kappa shape index (κ1) is 73.8. The van der Waals surface area contributed by atoms with Crippen LogP contribution in [0.3, 0.4) is 0 Å². The molecule has 3 atom stereocenters. The number of aliphatic carboxylic acids is 2. The van der Waals surface area contributed by atoms with Crippen molar-refractivity contribution in [1.82, 2.24) is 34.8 Å². The van der Waals surface area contributed by atoms with E-state index in [4.69, 9.17) is 49.0 Å². The number of para-hydroxylation sites is 1. The van der Waals surface area contributed by atoms with Gasteiger partial charge in [0.2, 0.25) is 0 Å². The third-order valence-electron chi connectivity index (χ3n) is 19.6. The van der Waals surface area contributed by atoms with Gasteiger partial charge in [-0.25, -0.2) is 13.2 Å². The normalized spacial score (nSPS) is 18.7. The topological polar surface area (TPSA) is 184 Å². The van der Waals surface area contributed by atoms with Gasteiger partial charge in [-0.05, 0) is 224 Å². The number of nitrogens with zero attached hydrogens (tertiary/aromatic N) is 5. The van der Waals surface area contributed by atoms with Gasteiger partial charge >= 0.3 is 11.9 Å². The number of carbonyl (C=O) groups is 3. The zero-order valence-corrected chi connectivity index (χ0v) is 57.8. The molecule has 0 radical (unpaired) electrons. The molecule has 7 aromatic rings. The van der Waals surface area contributed by atoms with Crippen LogP contribution in [0, 0.1) is 36.2 Å². The van der Waals surface area contributed by atoms with Gasteiger partial charge in [0, 0.05) is 101 Å². The van der Waals surface area contributed by atoms with E-state index in [1.807, 2.05) is 61.5 Å². The standard InChI is InChI=1S/C27H34F2N2O3.C26H32ClFN2O3.C23H25Cl2N3O3.5H2/c1-19-16-23(29)6-7-26(19)34-24-10-12-30(13-11-24)18-21-8-14-31(15-9-21)25(27(32)33)17-20-2-4-22(28)5-3-20;27-21-3-7-23(8-4-21)33-24-11-13-29(14-12-24)18-20-9-15-30(16-10-20)25(26(31)32)17-19-1-5-22(28)6-2-19;24-20-6-5-17(11-21(20)25)31-16-7-9-28(10-8-16)14-15(29)12-27-23(30)19-13-26-22-4-2-1-3-18(19)22;;;;;/h2-7,16,21,24-25H,8-15,17-18H2,1H3,(H,32,33);1-8,20,24-25H,9-18H2,(H,31,32);1-6,11,13,15-16,26,29H,7-10,12,14H2,(H,27,30);5*1H/t2*25-;15-;;;;;/m001...../s1. The van der Waals surface area contributed by atoms with Gasteiger partial charge in [-0.1, -0.05) is 77.3 Å². The van der Waals surface area contributed by atoms with Crippen LogP contribution in [0.5, 0.6) is 17.2 Å². The fourth-order valence-electron chi connectivity index (χ4n) is 14.0. The molecule has 536 valence electrons. The number of carboxylic acid groups (broad SMARTS) is 2. The van der Waals surface area contributed by atoms with Gasteiger partial charge in [0.1, 0.15) is 65.1 Å². The Hall–Kier alpha value is -6.91. The average Bonchev–Trinajstić information content (AvgIpc) is 1.75. The lowest BCUT2D eigenvalue weighted by Gasteiger charge is -2.39. The summed E-state index contributed by atoms with van der Waals surface area (Å²) in [7, 11) is 0. The second-order valence-electron chi connectivity index (χ2n) is 26.7. The third-order valence-corrected chi connectivity index (χ3v) is 20.6. The van der Waals surface area contributed by atoms with E-state index in [0.29, 0.717) is 57.6 Å². The number of aromatic nitrogens is 1. The highest BCUT2D eigenvalue weighted by molar-refractivity contribution is 6.42. The molecular formula is C76H101Cl3F3N7O9. The van der Waals surface area contributed by atoms with Crippen molar-refractivity contribution < 1.29 is 64.2 Å². The number of H-pyrrole nitrogens is 1. The number of rotatable bonds is 23. The van der Waals surface area contributed by atoms with Crippen molar-refractivity contribution in [2.24, 2.45) is 11.8 Å². The molecule has 5 aliphatic rings. The predicted octanol–water partition coefficient (Wildman–Crippen LogP) is 14.6. The van der Waals surface area contributed by atoms with Crippen LogP contribution in [-0.2, 0) is 22.4 Å². The van der Waals surface area contributed by atoms with Crippen LogP contribution in [0.25, 0.3) is 10.9 Å². The van der Waals surface area contributed by atoms with Gasteiger partial charge in [-0.2, -0.15) is 0 Å². The molecule has 6 heterocycles. The molecule has 5 aliphatic heterocycles. The molecule has 1 amide bonds. The van der Waals surface area contributed by atoms with Crippen LogP contribution >= 0.6 is 34.8 Å². The zero-order valence-electron chi connectivity index (χ0n) is 55.6. The van der Waals surface area contributed by atoms with Crippen molar-refractivity contribution in [2.75, 3.05) is 91.6 Å². The van der Waals surface area contributed by atoms with Gasteiger partial charge in [0.05, 0.1) is 21.7 Å². The summed E-state index contributed by atoms with van der Waals surface area (Å²) >= 11 is 17.9. The SMILES string of the molecule is Cc1cc(F)ccc1OC1CCN(CC2CCN([C@@H](Cc3ccc(F)cc3)C(=O)O)CC2)CC1.O=C(NC[C@@H](O)CN1CCC(Oc2ccc(Cl)c(Cl)c2)CC1)c1c[nH]c2ccccc12.O=C(O)[C@H](Cc1ccc(F)cc1)N1CCC(CN2CCC(Oc3ccc(Cl)cc3)CC2)CC1.[HH].[HH].[HH].[HH].[HH]. The van der Waals surface area contributed by atoms with Crippen LogP contribution in [0.1, 0.15) is 98.4 Å². The summed E-state index contributed by atoms with van der Waals surface area (Å²) in [5.41, 5.74) is 4.03. The summed E-state index contributed by atoms with van der Waals surface area (Å²) in [6, 6.07) is 36.3. The van der Waals surface area contributed by atoms with E-state index < -0.39 is 30.1 Å². The second-order valence-corrected chi connectivity index (χ2v) is 28.0. The summed E-state index contributed by atoms with van der Waals surface area (Å²) in [5.74, 6) is 0.851. The van der Waals surface area contributed by atoms with E-state index >= 15 is 0 Å². The molecule has 5 N–H and O–H groups in total. The van der Waals surface area contributed by atoms with Gasteiger partial charge < -0.3 is 54.5 Å². The Labute approximate surface area is 595 Å². The molecule has 0 aliphatic carbocycles. The fraction of sp³-hybridized carbons (Fsp3) is 0.461. The summed E-state index contributed by atoms with van der Waals surface area (Å²) in [5, 5.41) is 35.4. The Bertz CT molecular complexity index is 3680. The Morgan fingerprint density at radius 3 is 1.52 bits per heavy atom. The van der Waals surface area contributed by atoms with E-state index in [1.165, 1.54) is 36.4 Å². The number of aliphatic hydroxyl groups is 1. The first-order chi connectivity index (χ1) is 47.3. The predicted molar refractivity (Wildman–Crippen MR) is 388 cm³/mol. The van der Waals surface area contributed by atoms with Gasteiger partial charge in [-0.15, -0.1) is 0 Å². The van der Waals surface area contributed by atoms with Crippen LogP contribution in [0.4, 0.5) is 13.2 Å². The minimum absolute atomic E-state index is 0. The summed E-state index contributed by atoms with van der Waals surface area (Å²) in [6.45, 7) is 13.5. The number of aliphatic hydroxyl groups excluding tert-OH is 1. The number of aryl methyl sites for hydroxylation is 1. The lowest BCUT2D eigenvalue weighted by molar-refractivity contribution is -0.144. The van der Waals surface area contributed by atoms with E-state index in [-0.39, 0.29) is 55.3 Å². The van der Waals surface area contributed by atoms with Crippen LogP contribution in [-0.4, -0.2) is 191 Å². The number of hydrogen-bond donors (Lipinski definition) is 5. The number of fused-ring (bicyclic) bond motifs is 1. The van der Waals surface area contributed by atoms with E-state index in [0.717, 1.165) is 182 Å². The molecule has 12 rings (SSSR count). The second kappa shape index (κ2) is 36.4. The number of carbonyl (C=O) groups excluding carboxylic acids is 1. The number of ether oxygens (including phenoxy) is 3. The Balaban J connectivity index is 0.000000272. The maximum absolute atomic E-state index is 13.3. The summed E-state index contributed by atoms with van der Waals surface area (Å²) in [6.07, 6.45) is 12.0. The molecule has 0 saturated carbocycles. The Kier molecular flexibility index (Phi) is 27.4. The summed E-state index contributed by atoms with van der Waals surface area (Å²) < 4.78 is 57.9. The van der Waals surface area contributed by atoms with Gasteiger partial charge in [-0.3, -0.25) is 24.2 Å². The highest BCUT2D eigenvalue weighted by Crippen LogP contribution is 2.31. The first-order valence-corrected chi connectivity index (χ1v) is 35.5. The van der Waals surface area contributed by atoms with E-state index in [9.17, 15) is 42.9 Å². The maximum Gasteiger partial charge on any atom is 0.321 e. The minimum atomic E-state index is -0.818. The Morgan fingerprint density at radius 2 is 1.02 bits per heavy atom. The number of amides is 1. The number of halogens is 6. The van der Waals surface area contributed by atoms with Crippen LogP contribution in [0.2, 0.25) is 15.1 Å². The highest BCUT2D eigenvalue weighted by Gasteiger charge is 2.34. The van der Waals surface area contributed by atoms with Crippen molar-refractivity contribution in [2.45, 2.75) is 120 Å². The van der Waals surface area contributed by atoms with Crippen LogP contribution < -0.4 is 19.5 Å². The molecule has 0 unspecified atom stereocenters. The molecule has 16 nitrogen and oxygen atoms in total. The molecule has 0 bridgehead atoms. The third kappa shape index (κ3) is 22.3.